The summed E-state index contributed by atoms with van der Waals surface area (Å²) in [4.78, 5) is 36.4. The SMILES string of the molecule is O=S(=O)(O)c1cccc2c1-c1nc-2nc2[n-]c(nc3nc(nc4[n-]c(n1)c1ccccc41)-c1ccccc1-3)c1cccc(S(=O)(=O)O)c21.[Cu]. The van der Waals surface area contributed by atoms with Gasteiger partial charge in [0.1, 0.15) is 9.79 Å². The van der Waals surface area contributed by atoms with Crippen molar-refractivity contribution in [3.05, 3.63) is 84.9 Å². The summed E-state index contributed by atoms with van der Waals surface area (Å²) in [6, 6.07) is 22.9. The van der Waals surface area contributed by atoms with E-state index in [4.69, 9.17) is 19.9 Å². The van der Waals surface area contributed by atoms with E-state index in [1.165, 1.54) is 30.3 Å². The first-order chi connectivity index (χ1) is 23.0. The van der Waals surface area contributed by atoms with Crippen molar-refractivity contribution < 1.29 is 43.0 Å². The van der Waals surface area contributed by atoms with Gasteiger partial charge in [0, 0.05) is 67.3 Å². The topological polar surface area (TPSA) is 214 Å². The normalized spacial score (nSPS) is 12.4. The van der Waals surface area contributed by atoms with Gasteiger partial charge in [-0.05, 0) is 28.3 Å². The fraction of sp³-hybridized carbons (Fsp3) is 0. The van der Waals surface area contributed by atoms with Gasteiger partial charge in [0.2, 0.25) is 0 Å². The molecule has 1 radical (unpaired) electrons. The van der Waals surface area contributed by atoms with Crippen molar-refractivity contribution in [3.63, 3.8) is 0 Å². The first-order valence-corrected chi connectivity index (χ1v) is 17.0. The number of fused-ring (bicyclic) bond motifs is 20. The molecule has 9 rings (SSSR count). The summed E-state index contributed by atoms with van der Waals surface area (Å²) in [7, 11) is -9.56. The maximum atomic E-state index is 12.6. The molecule has 2 N–H and O–H groups in total. The monoisotopic (exact) mass is 735 g/mol. The van der Waals surface area contributed by atoms with Gasteiger partial charge in [0.15, 0.2) is 0 Å². The third-order valence-corrected chi connectivity index (χ3v) is 9.84. The zero-order chi connectivity index (χ0) is 32.9. The van der Waals surface area contributed by atoms with Gasteiger partial charge in [0.05, 0.1) is 23.3 Å². The molecule has 4 aromatic carbocycles. The van der Waals surface area contributed by atoms with Gasteiger partial charge in [-0.25, -0.2) is 9.97 Å². The van der Waals surface area contributed by atoms with Crippen LogP contribution in [0.5, 0.6) is 0 Å². The second-order valence-electron chi connectivity index (χ2n) is 10.9. The Morgan fingerprint density at radius 1 is 0.449 bits per heavy atom. The Morgan fingerprint density at radius 3 is 1.51 bits per heavy atom. The average molecular weight is 736 g/mol. The minimum Gasteiger partial charge on any atom is -0.357 e. The maximum absolute atomic E-state index is 12.6. The molecule has 14 nitrogen and oxygen atoms in total. The molecule has 0 aliphatic carbocycles. The third kappa shape index (κ3) is 4.82. The third-order valence-electron chi connectivity index (χ3n) is 8.05. The van der Waals surface area contributed by atoms with Gasteiger partial charge in [-0.3, -0.25) is 9.11 Å². The number of benzene rings is 4. The average Bonchev–Trinajstić information content (AvgIpc) is 3.79. The smallest absolute Gasteiger partial charge is 0.295 e. The Bertz CT molecular complexity index is 2980. The van der Waals surface area contributed by atoms with E-state index in [-0.39, 0.29) is 73.4 Å². The molecule has 49 heavy (non-hydrogen) atoms. The molecule has 0 fully saturated rings. The molecular weight excluding hydrogens is 720 g/mol. The Labute approximate surface area is 286 Å². The second kappa shape index (κ2) is 10.8. The van der Waals surface area contributed by atoms with Crippen LogP contribution in [0.25, 0.3) is 89.7 Å². The molecule has 0 atom stereocenters. The predicted octanol–water partition coefficient (Wildman–Crippen LogP) is 4.62. The van der Waals surface area contributed by atoms with Crippen LogP contribution in [0.15, 0.2) is 94.7 Å². The fourth-order valence-electron chi connectivity index (χ4n) is 6.02. The van der Waals surface area contributed by atoms with Crippen molar-refractivity contribution in [2.45, 2.75) is 9.79 Å². The van der Waals surface area contributed by atoms with Crippen LogP contribution in [0.2, 0.25) is 0 Å². The largest absolute Gasteiger partial charge is 0.357 e. The van der Waals surface area contributed by atoms with E-state index in [1.54, 1.807) is 18.2 Å². The summed E-state index contributed by atoms with van der Waals surface area (Å²) in [5.41, 5.74) is 1.77. The van der Waals surface area contributed by atoms with Crippen molar-refractivity contribution in [2.24, 2.45) is 0 Å². The standard InChI is InChI=1S/C32H16N8O6S2.Cu/c41-47(42,43)21-13-5-11-19-23(21)32-38-29(19)36-27-16-8-2-1-7-15(16)25(34-27)33-26-17-9-3-4-10-18(17)28(35-26)37-31-24-20(30(39-31)40-32)12-6-14-22(24)48(44,45)46;/h1-14H,(H2-2,33,34,35,36,37,38,39,40,41,42,43,44,45,46);/q-2;. The van der Waals surface area contributed by atoms with Gasteiger partial charge in [-0.15, -0.1) is 0 Å². The van der Waals surface area contributed by atoms with Gasteiger partial charge in [0.25, 0.3) is 20.2 Å². The van der Waals surface area contributed by atoms with Gasteiger partial charge in [-0.2, -0.15) is 16.8 Å². The maximum Gasteiger partial charge on any atom is 0.295 e. The van der Waals surface area contributed by atoms with Crippen LogP contribution in [0.3, 0.4) is 0 Å². The van der Waals surface area contributed by atoms with Crippen LogP contribution in [0.4, 0.5) is 0 Å². The van der Waals surface area contributed by atoms with E-state index in [1.807, 2.05) is 36.4 Å². The Kier molecular flexibility index (Phi) is 6.80. The number of aromatic nitrogens is 8. The van der Waals surface area contributed by atoms with Crippen LogP contribution in [0, 0.1) is 0 Å². The molecule has 0 saturated carbocycles. The van der Waals surface area contributed by atoms with Crippen LogP contribution >= 0.6 is 0 Å². The summed E-state index contributed by atoms with van der Waals surface area (Å²) >= 11 is 0. The molecule has 8 bridgehead atoms. The number of hydrogen-bond donors (Lipinski definition) is 2. The van der Waals surface area contributed by atoms with Crippen LogP contribution in [-0.4, -0.2) is 55.8 Å². The molecule has 7 aromatic rings. The van der Waals surface area contributed by atoms with Gasteiger partial charge in [-0.1, -0.05) is 72.8 Å². The van der Waals surface area contributed by atoms with E-state index in [2.05, 4.69) is 19.9 Å². The summed E-state index contributed by atoms with van der Waals surface area (Å²) in [5, 5.41) is 1.43. The fourth-order valence-corrected chi connectivity index (χ4v) is 7.44. The number of hydrogen-bond acceptors (Lipinski definition) is 10. The van der Waals surface area contributed by atoms with Gasteiger partial charge >= 0.3 is 0 Å². The molecule has 3 aromatic heterocycles. The molecular formula is C32H16CuN8O6S2-2. The first kappa shape index (κ1) is 30.9. The van der Waals surface area contributed by atoms with Crippen molar-refractivity contribution in [2.75, 3.05) is 0 Å². The Hall–Kier alpha value is -5.42. The minimum absolute atomic E-state index is 0. The first-order valence-electron chi connectivity index (χ1n) is 14.2. The summed E-state index contributed by atoms with van der Waals surface area (Å²) in [5.74, 6) is 0.335. The van der Waals surface area contributed by atoms with Crippen LogP contribution in [-0.2, 0) is 37.3 Å². The van der Waals surface area contributed by atoms with Crippen LogP contribution < -0.4 is 9.97 Å². The quantitative estimate of drug-likeness (QED) is 0.183. The molecule has 2 aliphatic heterocycles. The van der Waals surface area contributed by atoms with E-state index in [0.717, 1.165) is 0 Å². The van der Waals surface area contributed by atoms with Crippen molar-refractivity contribution in [1.82, 2.24) is 39.9 Å². The number of nitrogens with zero attached hydrogens (tertiary/aromatic N) is 8. The molecule has 0 amide bonds. The Morgan fingerprint density at radius 2 is 0.878 bits per heavy atom. The second-order valence-corrected chi connectivity index (χ2v) is 13.7. The van der Waals surface area contributed by atoms with E-state index < -0.39 is 30.0 Å². The molecule has 0 saturated heterocycles. The van der Waals surface area contributed by atoms with Crippen molar-refractivity contribution >= 4 is 64.4 Å². The molecule has 17 heteroatoms. The Balaban J connectivity index is 0.00000348. The van der Waals surface area contributed by atoms with Gasteiger partial charge < -0.3 is 29.9 Å². The van der Waals surface area contributed by atoms with Crippen molar-refractivity contribution in [3.8, 4) is 45.6 Å². The summed E-state index contributed by atoms with van der Waals surface area (Å²) in [6.45, 7) is 0. The van der Waals surface area contributed by atoms with E-state index >= 15 is 0 Å². The summed E-state index contributed by atoms with van der Waals surface area (Å²) < 4.78 is 70.6. The minimum atomic E-state index is -4.78. The molecule has 5 heterocycles. The van der Waals surface area contributed by atoms with Crippen LogP contribution in [0.1, 0.15) is 0 Å². The predicted molar refractivity (Wildman–Crippen MR) is 174 cm³/mol. The summed E-state index contributed by atoms with van der Waals surface area (Å²) in [6.07, 6.45) is 0. The zero-order valence-electron chi connectivity index (χ0n) is 24.3. The molecule has 245 valence electrons. The van der Waals surface area contributed by atoms with E-state index in [9.17, 15) is 25.9 Å². The van der Waals surface area contributed by atoms with E-state index in [0.29, 0.717) is 33.4 Å². The zero-order valence-corrected chi connectivity index (χ0v) is 26.9. The number of rotatable bonds is 2. The molecule has 0 unspecified atom stereocenters. The van der Waals surface area contributed by atoms with Crippen molar-refractivity contribution in [1.29, 1.82) is 0 Å². The molecule has 0 spiro atoms. The molecule has 2 aliphatic rings.